The monoisotopic (exact) mass is 381 g/mol. The van der Waals surface area contributed by atoms with E-state index in [1.807, 2.05) is 17.0 Å². The first kappa shape index (κ1) is 20.6. The average molecular weight is 382 g/mol. The summed E-state index contributed by atoms with van der Waals surface area (Å²) < 4.78 is 10.5. The lowest BCUT2D eigenvalue weighted by atomic mass is 10.0. The number of esters is 1. The van der Waals surface area contributed by atoms with E-state index < -0.39 is 0 Å². The molecule has 1 aromatic carbocycles. The van der Waals surface area contributed by atoms with Crippen LogP contribution in [0, 0.1) is 5.92 Å². The standard InChI is InChI=1S/C20H28ClNO4/c1-15(20(24)25-2)13-22(16-9-5-3-4-6-10-16)19(23)14-26-18-12-8-7-11-17(18)21/h7-8,11-12,15-16H,3-6,9-10,13-14H2,1-2H3. The molecule has 0 bridgehead atoms. The predicted octanol–water partition coefficient (Wildman–Crippen LogP) is 4.08. The second-order valence-corrected chi connectivity index (χ2v) is 7.24. The smallest absolute Gasteiger partial charge is 0.310 e. The van der Waals surface area contributed by atoms with E-state index in [0.29, 0.717) is 17.3 Å². The molecule has 0 spiro atoms. The summed E-state index contributed by atoms with van der Waals surface area (Å²) in [5, 5.41) is 0.476. The SMILES string of the molecule is COC(=O)C(C)CN(C(=O)COc1ccccc1Cl)C1CCCCCC1. The highest BCUT2D eigenvalue weighted by molar-refractivity contribution is 6.32. The summed E-state index contributed by atoms with van der Waals surface area (Å²) in [7, 11) is 1.37. The summed E-state index contributed by atoms with van der Waals surface area (Å²) in [6.07, 6.45) is 6.53. The van der Waals surface area contributed by atoms with Crippen LogP contribution < -0.4 is 4.74 Å². The van der Waals surface area contributed by atoms with Gasteiger partial charge in [-0.15, -0.1) is 0 Å². The molecule has 5 nitrogen and oxygen atoms in total. The topological polar surface area (TPSA) is 55.8 Å². The van der Waals surface area contributed by atoms with Crippen LogP contribution in [0.15, 0.2) is 24.3 Å². The molecule has 0 radical (unpaired) electrons. The third kappa shape index (κ3) is 5.90. The van der Waals surface area contributed by atoms with Crippen molar-refractivity contribution in [2.24, 2.45) is 5.92 Å². The van der Waals surface area contributed by atoms with Crippen molar-refractivity contribution in [3.63, 3.8) is 0 Å². The molecule has 1 atom stereocenters. The molecule has 0 N–H and O–H groups in total. The van der Waals surface area contributed by atoms with E-state index in [1.165, 1.54) is 20.0 Å². The Balaban J connectivity index is 2.06. The zero-order chi connectivity index (χ0) is 18.9. The van der Waals surface area contributed by atoms with Gasteiger partial charge in [-0.2, -0.15) is 0 Å². The first-order chi connectivity index (χ1) is 12.5. The Morgan fingerprint density at radius 3 is 2.46 bits per heavy atom. The minimum Gasteiger partial charge on any atom is -0.482 e. The lowest BCUT2D eigenvalue weighted by Gasteiger charge is -2.33. The Bertz CT molecular complexity index is 599. The fourth-order valence-corrected chi connectivity index (χ4v) is 3.57. The van der Waals surface area contributed by atoms with Crippen LogP contribution in [0.1, 0.15) is 45.4 Å². The summed E-state index contributed by atoms with van der Waals surface area (Å²) in [6.45, 7) is 2.05. The zero-order valence-corrected chi connectivity index (χ0v) is 16.3. The first-order valence-electron chi connectivity index (χ1n) is 9.27. The number of para-hydroxylation sites is 1. The van der Waals surface area contributed by atoms with Crippen LogP contribution in [0.2, 0.25) is 5.02 Å². The Morgan fingerprint density at radius 2 is 1.85 bits per heavy atom. The highest BCUT2D eigenvalue weighted by Crippen LogP contribution is 2.25. The van der Waals surface area contributed by atoms with Gasteiger partial charge in [-0.05, 0) is 25.0 Å². The maximum absolute atomic E-state index is 12.9. The number of carbonyl (C=O) groups is 2. The molecule has 0 aromatic heterocycles. The van der Waals surface area contributed by atoms with Crippen LogP contribution in [-0.2, 0) is 14.3 Å². The number of halogens is 1. The fourth-order valence-electron chi connectivity index (χ4n) is 3.38. The number of nitrogens with zero attached hydrogens (tertiary/aromatic N) is 1. The van der Waals surface area contributed by atoms with Crippen molar-refractivity contribution in [3.05, 3.63) is 29.3 Å². The highest BCUT2D eigenvalue weighted by atomic mass is 35.5. The molecule has 2 rings (SSSR count). The van der Waals surface area contributed by atoms with Gasteiger partial charge in [0.15, 0.2) is 6.61 Å². The van der Waals surface area contributed by atoms with Gasteiger partial charge >= 0.3 is 5.97 Å². The van der Waals surface area contributed by atoms with Crippen LogP contribution in [0.5, 0.6) is 5.75 Å². The van der Waals surface area contributed by atoms with E-state index in [2.05, 4.69) is 0 Å². The molecular formula is C20H28ClNO4. The van der Waals surface area contributed by atoms with Crippen molar-refractivity contribution in [1.82, 2.24) is 4.90 Å². The molecule has 26 heavy (non-hydrogen) atoms. The molecule has 0 aliphatic heterocycles. The lowest BCUT2D eigenvalue weighted by Crippen LogP contribution is -2.46. The summed E-state index contributed by atoms with van der Waals surface area (Å²) in [5.41, 5.74) is 0. The van der Waals surface area contributed by atoms with Gasteiger partial charge in [-0.1, -0.05) is 56.3 Å². The first-order valence-corrected chi connectivity index (χ1v) is 9.65. The molecular weight excluding hydrogens is 354 g/mol. The Morgan fingerprint density at radius 1 is 1.19 bits per heavy atom. The van der Waals surface area contributed by atoms with Crippen LogP contribution in [0.25, 0.3) is 0 Å². The van der Waals surface area contributed by atoms with E-state index in [9.17, 15) is 9.59 Å². The molecule has 144 valence electrons. The van der Waals surface area contributed by atoms with Crippen molar-refractivity contribution < 1.29 is 19.1 Å². The minimum atomic E-state index is -0.368. The predicted molar refractivity (Wildman–Crippen MR) is 101 cm³/mol. The zero-order valence-electron chi connectivity index (χ0n) is 15.6. The van der Waals surface area contributed by atoms with Gasteiger partial charge in [0, 0.05) is 12.6 Å². The van der Waals surface area contributed by atoms with Gasteiger partial charge in [0.1, 0.15) is 5.75 Å². The molecule has 0 saturated heterocycles. The van der Waals surface area contributed by atoms with Crippen LogP contribution in [0.3, 0.4) is 0 Å². The van der Waals surface area contributed by atoms with E-state index in [4.69, 9.17) is 21.1 Å². The Kier molecular flexibility index (Phi) is 8.23. The number of hydrogen-bond acceptors (Lipinski definition) is 4. The Hall–Kier alpha value is -1.75. The normalized spacial score (nSPS) is 16.4. The number of benzene rings is 1. The van der Waals surface area contributed by atoms with Gasteiger partial charge in [0.25, 0.3) is 5.91 Å². The van der Waals surface area contributed by atoms with Crippen molar-refractivity contribution in [1.29, 1.82) is 0 Å². The number of methoxy groups -OCH3 is 1. The van der Waals surface area contributed by atoms with Crippen molar-refractivity contribution in [2.45, 2.75) is 51.5 Å². The minimum absolute atomic E-state index is 0.0892. The van der Waals surface area contributed by atoms with E-state index in [0.717, 1.165) is 25.7 Å². The van der Waals surface area contributed by atoms with Gasteiger partial charge in [0.05, 0.1) is 18.1 Å². The molecule has 1 aromatic rings. The second kappa shape index (κ2) is 10.4. The molecule has 1 unspecified atom stereocenters. The van der Waals surface area contributed by atoms with Crippen molar-refractivity contribution in [2.75, 3.05) is 20.3 Å². The van der Waals surface area contributed by atoms with Crippen molar-refractivity contribution in [3.8, 4) is 5.75 Å². The maximum atomic E-state index is 12.9. The number of amides is 1. The quantitative estimate of drug-likeness (QED) is 0.527. The van der Waals surface area contributed by atoms with Crippen LogP contribution in [0.4, 0.5) is 0 Å². The highest BCUT2D eigenvalue weighted by Gasteiger charge is 2.28. The van der Waals surface area contributed by atoms with Crippen LogP contribution in [-0.4, -0.2) is 43.1 Å². The molecule has 1 aliphatic carbocycles. The summed E-state index contributed by atoms with van der Waals surface area (Å²) in [4.78, 5) is 26.5. The summed E-state index contributed by atoms with van der Waals surface area (Å²) >= 11 is 6.09. The second-order valence-electron chi connectivity index (χ2n) is 6.83. The summed E-state index contributed by atoms with van der Waals surface area (Å²) in [5.74, 6) is -0.298. The van der Waals surface area contributed by atoms with Gasteiger partial charge in [0.2, 0.25) is 0 Å². The molecule has 1 fully saturated rings. The maximum Gasteiger partial charge on any atom is 0.310 e. The fraction of sp³-hybridized carbons (Fsp3) is 0.600. The van der Waals surface area contributed by atoms with Gasteiger partial charge < -0.3 is 14.4 Å². The largest absolute Gasteiger partial charge is 0.482 e. The third-order valence-electron chi connectivity index (χ3n) is 4.85. The molecule has 0 heterocycles. The van der Waals surface area contributed by atoms with Crippen molar-refractivity contribution >= 4 is 23.5 Å². The number of hydrogen-bond donors (Lipinski definition) is 0. The summed E-state index contributed by atoms with van der Waals surface area (Å²) in [6, 6.07) is 7.24. The number of ether oxygens (including phenoxy) is 2. The number of carbonyl (C=O) groups excluding carboxylic acids is 2. The molecule has 1 amide bonds. The van der Waals surface area contributed by atoms with E-state index >= 15 is 0 Å². The molecule has 1 aliphatic rings. The van der Waals surface area contributed by atoms with Gasteiger partial charge in [-0.3, -0.25) is 9.59 Å². The van der Waals surface area contributed by atoms with E-state index in [1.54, 1.807) is 19.1 Å². The molecule has 6 heteroatoms. The van der Waals surface area contributed by atoms with E-state index in [-0.39, 0.29) is 30.4 Å². The lowest BCUT2D eigenvalue weighted by molar-refractivity contribution is -0.147. The van der Waals surface area contributed by atoms with Gasteiger partial charge in [-0.25, -0.2) is 0 Å². The Labute approximate surface area is 160 Å². The van der Waals surface area contributed by atoms with Crippen LogP contribution >= 0.6 is 11.6 Å². The third-order valence-corrected chi connectivity index (χ3v) is 5.16. The number of rotatable bonds is 7. The average Bonchev–Trinajstić information content (AvgIpc) is 2.93. The molecule has 1 saturated carbocycles.